The van der Waals surface area contributed by atoms with Gasteiger partial charge in [-0.1, -0.05) is 6.07 Å². The van der Waals surface area contributed by atoms with Crippen molar-refractivity contribution in [1.82, 2.24) is 10.2 Å². The van der Waals surface area contributed by atoms with Gasteiger partial charge in [0.25, 0.3) is 0 Å². The van der Waals surface area contributed by atoms with Crippen LogP contribution < -0.4 is 14.8 Å². The Morgan fingerprint density at radius 2 is 2.14 bits per heavy atom. The van der Waals surface area contributed by atoms with E-state index in [1.54, 1.807) is 7.11 Å². The molecule has 7 rings (SSSR count). The van der Waals surface area contributed by atoms with Crippen LogP contribution in [-0.4, -0.2) is 60.0 Å². The molecule has 156 valence electrons. The van der Waals surface area contributed by atoms with Gasteiger partial charge in [0.05, 0.1) is 23.7 Å². The molecule has 5 atom stereocenters. The largest absolute Gasteiger partial charge is 0.493 e. The highest BCUT2D eigenvalue weighted by Crippen LogP contribution is 2.68. The van der Waals surface area contributed by atoms with Gasteiger partial charge < -0.3 is 19.9 Å². The topological polar surface area (TPSA) is 54.0 Å². The highest BCUT2D eigenvalue weighted by atomic mass is 16.5. The molecule has 2 bridgehead atoms. The number of nitrogens with zero attached hydrogens (tertiary/aromatic N) is 1. The molecule has 3 aliphatic carbocycles. The van der Waals surface area contributed by atoms with E-state index < -0.39 is 5.60 Å². The van der Waals surface area contributed by atoms with E-state index in [1.165, 1.54) is 30.4 Å². The SMILES string of the molecule is COc1ccc2c3c1O[C@H]1[C@@]4(CCCN4)CC[C@@]4(O)[C@@H](C2)N(CC2CC2)CC[C@]314. The number of fused-ring (bicyclic) bond motifs is 1. The second-order valence-electron chi connectivity index (χ2n) is 10.6. The van der Waals surface area contributed by atoms with Gasteiger partial charge in [0.15, 0.2) is 11.5 Å². The number of piperidine rings is 1. The monoisotopic (exact) mass is 396 g/mol. The highest BCUT2D eigenvalue weighted by Gasteiger charge is 2.76. The first-order chi connectivity index (χ1) is 14.1. The number of methoxy groups -OCH3 is 1. The van der Waals surface area contributed by atoms with Gasteiger partial charge in [0, 0.05) is 18.2 Å². The number of hydrogen-bond donors (Lipinski definition) is 2. The smallest absolute Gasteiger partial charge is 0.166 e. The summed E-state index contributed by atoms with van der Waals surface area (Å²) in [6, 6.07) is 4.55. The lowest BCUT2D eigenvalue weighted by Crippen LogP contribution is -2.80. The summed E-state index contributed by atoms with van der Waals surface area (Å²) in [7, 11) is 1.74. The predicted octanol–water partition coefficient (Wildman–Crippen LogP) is 2.38. The van der Waals surface area contributed by atoms with Gasteiger partial charge in [-0.2, -0.15) is 0 Å². The molecule has 4 fully saturated rings. The molecule has 2 saturated carbocycles. The van der Waals surface area contributed by atoms with E-state index in [-0.39, 0.29) is 23.1 Å². The van der Waals surface area contributed by atoms with E-state index in [9.17, 15) is 5.11 Å². The Bertz CT molecular complexity index is 877. The molecule has 3 heterocycles. The first-order valence-corrected chi connectivity index (χ1v) is 11.7. The molecule has 0 radical (unpaired) electrons. The molecule has 1 aromatic rings. The summed E-state index contributed by atoms with van der Waals surface area (Å²) in [5.41, 5.74) is 1.66. The molecule has 1 aromatic carbocycles. The molecule has 2 N–H and O–H groups in total. The first kappa shape index (κ1) is 17.4. The summed E-state index contributed by atoms with van der Waals surface area (Å²) in [6.45, 7) is 3.30. The number of hydrogen-bond acceptors (Lipinski definition) is 5. The molecular weight excluding hydrogens is 364 g/mol. The van der Waals surface area contributed by atoms with E-state index >= 15 is 0 Å². The third kappa shape index (κ3) is 1.94. The number of likely N-dealkylation sites (tertiary alicyclic amines) is 1. The number of nitrogens with one attached hydrogen (secondary N) is 1. The average molecular weight is 397 g/mol. The van der Waals surface area contributed by atoms with Gasteiger partial charge in [-0.05, 0) is 82.0 Å². The van der Waals surface area contributed by atoms with Crippen molar-refractivity contribution in [3.8, 4) is 11.5 Å². The zero-order valence-electron chi connectivity index (χ0n) is 17.4. The van der Waals surface area contributed by atoms with Crippen molar-refractivity contribution in [2.45, 2.75) is 80.1 Å². The second kappa shape index (κ2) is 5.49. The predicted molar refractivity (Wildman–Crippen MR) is 110 cm³/mol. The van der Waals surface area contributed by atoms with Crippen LogP contribution in [0, 0.1) is 5.92 Å². The zero-order chi connectivity index (χ0) is 19.4. The van der Waals surface area contributed by atoms with Crippen molar-refractivity contribution in [2.75, 3.05) is 26.7 Å². The quantitative estimate of drug-likeness (QED) is 0.822. The van der Waals surface area contributed by atoms with Crippen LogP contribution in [-0.2, 0) is 11.8 Å². The Morgan fingerprint density at radius 1 is 1.24 bits per heavy atom. The molecular formula is C24H32N2O3. The van der Waals surface area contributed by atoms with Crippen LogP contribution in [0.1, 0.15) is 56.1 Å². The maximum absolute atomic E-state index is 12.5. The van der Waals surface area contributed by atoms with Gasteiger partial charge >= 0.3 is 0 Å². The molecule has 3 aliphatic heterocycles. The minimum Gasteiger partial charge on any atom is -0.493 e. The Balaban J connectivity index is 1.44. The van der Waals surface area contributed by atoms with Gasteiger partial charge in [0.2, 0.25) is 0 Å². The van der Waals surface area contributed by atoms with E-state index in [1.807, 2.05) is 0 Å². The normalized spacial score (nSPS) is 44.6. The molecule has 5 nitrogen and oxygen atoms in total. The van der Waals surface area contributed by atoms with Gasteiger partial charge in [-0.15, -0.1) is 0 Å². The fraction of sp³-hybridized carbons (Fsp3) is 0.750. The van der Waals surface area contributed by atoms with Crippen LogP contribution in [0.5, 0.6) is 11.5 Å². The lowest BCUT2D eigenvalue weighted by Gasteiger charge is -2.66. The van der Waals surface area contributed by atoms with Crippen LogP contribution in [0.2, 0.25) is 0 Å². The average Bonchev–Trinajstić information content (AvgIpc) is 3.28. The Morgan fingerprint density at radius 3 is 2.90 bits per heavy atom. The third-order valence-corrected chi connectivity index (χ3v) is 9.45. The Labute approximate surface area is 172 Å². The maximum Gasteiger partial charge on any atom is 0.166 e. The number of benzene rings is 1. The summed E-state index contributed by atoms with van der Waals surface area (Å²) in [6.07, 6.45) is 8.90. The lowest BCUT2D eigenvalue weighted by molar-refractivity contribution is -0.204. The van der Waals surface area contributed by atoms with Crippen molar-refractivity contribution >= 4 is 0 Å². The molecule has 29 heavy (non-hydrogen) atoms. The summed E-state index contributed by atoms with van der Waals surface area (Å²) in [5.74, 6) is 2.61. The van der Waals surface area contributed by atoms with Crippen LogP contribution in [0.4, 0.5) is 0 Å². The van der Waals surface area contributed by atoms with E-state index in [4.69, 9.17) is 9.47 Å². The van der Waals surface area contributed by atoms with Gasteiger partial charge in [-0.3, -0.25) is 4.90 Å². The fourth-order valence-corrected chi connectivity index (χ4v) is 8.02. The number of rotatable bonds is 3. The van der Waals surface area contributed by atoms with Gasteiger partial charge in [0.1, 0.15) is 6.10 Å². The van der Waals surface area contributed by atoms with Crippen molar-refractivity contribution in [3.05, 3.63) is 23.3 Å². The molecule has 6 aliphatic rings. The van der Waals surface area contributed by atoms with E-state index in [0.717, 1.165) is 69.2 Å². The van der Waals surface area contributed by atoms with E-state index in [2.05, 4.69) is 22.3 Å². The number of aliphatic hydroxyl groups is 1. The molecule has 5 heteroatoms. The van der Waals surface area contributed by atoms with Crippen molar-refractivity contribution in [3.63, 3.8) is 0 Å². The summed E-state index contributed by atoms with van der Waals surface area (Å²) < 4.78 is 12.6. The maximum atomic E-state index is 12.5. The number of ether oxygens (including phenoxy) is 2. The third-order valence-electron chi connectivity index (χ3n) is 9.45. The van der Waals surface area contributed by atoms with Crippen molar-refractivity contribution in [1.29, 1.82) is 0 Å². The van der Waals surface area contributed by atoms with E-state index in [0.29, 0.717) is 0 Å². The van der Waals surface area contributed by atoms with Crippen LogP contribution in [0.25, 0.3) is 0 Å². The first-order valence-electron chi connectivity index (χ1n) is 11.7. The Kier molecular flexibility index (Phi) is 3.29. The van der Waals surface area contributed by atoms with Gasteiger partial charge in [-0.25, -0.2) is 0 Å². The summed E-state index contributed by atoms with van der Waals surface area (Å²) in [5, 5.41) is 16.4. The zero-order valence-corrected chi connectivity index (χ0v) is 17.4. The van der Waals surface area contributed by atoms with Crippen LogP contribution in [0.3, 0.4) is 0 Å². The molecule has 0 unspecified atom stereocenters. The minimum absolute atomic E-state index is 0.00587. The standard InChI is InChI=1S/C24H32N2O3/c1-28-17-6-5-16-13-18-24(27)9-8-22(7-2-11-25-22)21-23(24,19(16)20(17)29-21)10-12-26(18)14-15-3-4-15/h5-6,15,18,21,25,27H,2-4,7-14H2,1H3/t18-,21+,22-,23+,24-/m1/s1. The molecule has 2 saturated heterocycles. The summed E-state index contributed by atoms with van der Waals surface area (Å²) >= 11 is 0. The van der Waals surface area contributed by atoms with Crippen LogP contribution >= 0.6 is 0 Å². The molecule has 2 spiro atoms. The minimum atomic E-state index is -0.703. The highest BCUT2D eigenvalue weighted by molar-refractivity contribution is 5.63. The van der Waals surface area contributed by atoms with Crippen molar-refractivity contribution in [2.24, 2.45) is 5.92 Å². The molecule has 0 amide bonds. The van der Waals surface area contributed by atoms with Crippen LogP contribution in [0.15, 0.2) is 12.1 Å². The van der Waals surface area contributed by atoms with Crippen molar-refractivity contribution < 1.29 is 14.6 Å². The molecule has 0 aromatic heterocycles. The fourth-order valence-electron chi connectivity index (χ4n) is 8.02. The lowest BCUT2D eigenvalue weighted by atomic mass is 9.46. The summed E-state index contributed by atoms with van der Waals surface area (Å²) in [4.78, 5) is 2.64. The Hall–Kier alpha value is -1.30. The second-order valence-corrected chi connectivity index (χ2v) is 10.6.